The zero-order valence-electron chi connectivity index (χ0n) is 10.6. The summed E-state index contributed by atoms with van der Waals surface area (Å²) in [7, 11) is 0. The number of rotatable bonds is 1. The first kappa shape index (κ1) is 11.8. The molecule has 3 aromatic rings. The number of aryl methyl sites for hydroxylation is 2. The van der Waals surface area contributed by atoms with Gasteiger partial charge in [0.25, 0.3) is 0 Å². The average molecular weight is 258 g/mol. The van der Waals surface area contributed by atoms with E-state index in [-0.39, 0.29) is 5.52 Å². The Morgan fingerprint density at radius 3 is 2.32 bits per heavy atom. The number of fused-ring (bicyclic) bond motifs is 1. The zero-order valence-corrected chi connectivity index (χ0v) is 10.6. The Morgan fingerprint density at radius 1 is 0.947 bits per heavy atom. The fourth-order valence-electron chi connectivity index (χ4n) is 2.29. The van der Waals surface area contributed by atoms with Crippen LogP contribution in [0.15, 0.2) is 30.3 Å². The number of halogens is 2. The molecule has 0 amide bonds. The summed E-state index contributed by atoms with van der Waals surface area (Å²) in [6.45, 7) is 3.97. The molecule has 0 aliphatic carbocycles. The largest absolute Gasteiger partial charge is 0.338 e. The molecule has 19 heavy (non-hydrogen) atoms. The van der Waals surface area contributed by atoms with Gasteiger partial charge >= 0.3 is 0 Å². The van der Waals surface area contributed by atoms with Crippen LogP contribution < -0.4 is 0 Å². The van der Waals surface area contributed by atoms with Crippen molar-refractivity contribution in [2.24, 2.45) is 0 Å². The van der Waals surface area contributed by atoms with Gasteiger partial charge in [0, 0.05) is 11.6 Å². The number of imidazole rings is 1. The topological polar surface area (TPSA) is 28.7 Å². The third-order valence-corrected chi connectivity index (χ3v) is 3.00. The summed E-state index contributed by atoms with van der Waals surface area (Å²) >= 11 is 0. The van der Waals surface area contributed by atoms with Crippen LogP contribution in [0.3, 0.4) is 0 Å². The van der Waals surface area contributed by atoms with Crippen molar-refractivity contribution in [3.05, 3.63) is 53.1 Å². The van der Waals surface area contributed by atoms with Gasteiger partial charge in [-0.1, -0.05) is 17.2 Å². The minimum Gasteiger partial charge on any atom is -0.338 e. The molecule has 0 radical (unpaired) electrons. The minimum absolute atomic E-state index is 0.163. The van der Waals surface area contributed by atoms with E-state index in [0.717, 1.165) is 22.8 Å². The van der Waals surface area contributed by atoms with Gasteiger partial charge in [-0.15, -0.1) is 0 Å². The molecule has 0 spiro atoms. The van der Waals surface area contributed by atoms with Gasteiger partial charge in [0.1, 0.15) is 17.2 Å². The van der Waals surface area contributed by atoms with Gasteiger partial charge in [-0.05, 0) is 32.0 Å². The number of aromatic amines is 1. The molecule has 0 unspecified atom stereocenters. The molecule has 0 bridgehead atoms. The first-order valence-corrected chi connectivity index (χ1v) is 5.96. The second kappa shape index (κ2) is 4.16. The predicted octanol–water partition coefficient (Wildman–Crippen LogP) is 4.12. The highest BCUT2D eigenvalue weighted by Crippen LogP contribution is 2.24. The van der Waals surface area contributed by atoms with Crippen molar-refractivity contribution in [2.75, 3.05) is 0 Å². The summed E-state index contributed by atoms with van der Waals surface area (Å²) in [4.78, 5) is 7.17. The fraction of sp³-hybridized carbons (Fsp3) is 0.133. The summed E-state index contributed by atoms with van der Waals surface area (Å²) in [6, 6.07) is 8.05. The number of hydrogen-bond donors (Lipinski definition) is 1. The van der Waals surface area contributed by atoms with Crippen molar-refractivity contribution >= 4 is 11.0 Å². The first-order chi connectivity index (χ1) is 9.02. The molecule has 3 rings (SSSR count). The number of H-pyrrole nitrogens is 1. The van der Waals surface area contributed by atoms with Gasteiger partial charge in [-0.2, -0.15) is 0 Å². The van der Waals surface area contributed by atoms with Crippen LogP contribution in [0.25, 0.3) is 22.4 Å². The first-order valence-electron chi connectivity index (χ1n) is 5.96. The third-order valence-electron chi connectivity index (χ3n) is 3.00. The van der Waals surface area contributed by atoms with Crippen molar-refractivity contribution < 1.29 is 8.78 Å². The molecule has 0 aliphatic heterocycles. The normalized spacial score (nSPS) is 11.2. The average Bonchev–Trinajstić information content (AvgIpc) is 2.71. The lowest BCUT2D eigenvalue weighted by atomic mass is 10.1. The number of nitrogens with zero attached hydrogens (tertiary/aromatic N) is 1. The van der Waals surface area contributed by atoms with E-state index in [1.165, 1.54) is 6.07 Å². The van der Waals surface area contributed by atoms with Crippen molar-refractivity contribution in [3.63, 3.8) is 0 Å². The van der Waals surface area contributed by atoms with Gasteiger partial charge in [0.05, 0.1) is 5.52 Å². The van der Waals surface area contributed by atoms with Crippen molar-refractivity contribution in [2.45, 2.75) is 13.8 Å². The molecule has 0 saturated heterocycles. The van der Waals surface area contributed by atoms with Gasteiger partial charge in [-0.3, -0.25) is 0 Å². The van der Waals surface area contributed by atoms with Crippen LogP contribution in [0, 0.1) is 25.5 Å². The van der Waals surface area contributed by atoms with Crippen LogP contribution in [0.5, 0.6) is 0 Å². The molecule has 0 aliphatic rings. The van der Waals surface area contributed by atoms with E-state index in [1.54, 1.807) is 0 Å². The highest BCUT2D eigenvalue weighted by atomic mass is 19.1. The summed E-state index contributed by atoms with van der Waals surface area (Å²) in [5.41, 5.74) is 3.60. The maximum absolute atomic E-state index is 13.6. The molecule has 1 heterocycles. The molecule has 2 aromatic carbocycles. The second-order valence-corrected chi connectivity index (χ2v) is 4.75. The maximum Gasteiger partial charge on any atom is 0.153 e. The molecule has 4 heteroatoms. The van der Waals surface area contributed by atoms with Crippen LogP contribution in [0.2, 0.25) is 0 Å². The maximum atomic E-state index is 13.6. The smallest absolute Gasteiger partial charge is 0.153 e. The monoisotopic (exact) mass is 258 g/mol. The molecule has 2 nitrogen and oxygen atoms in total. The highest BCUT2D eigenvalue weighted by molar-refractivity contribution is 5.80. The molecular formula is C15H12F2N2. The van der Waals surface area contributed by atoms with Crippen molar-refractivity contribution in [1.82, 2.24) is 9.97 Å². The molecule has 0 atom stereocenters. The Balaban J connectivity index is 2.23. The Morgan fingerprint density at radius 2 is 1.63 bits per heavy atom. The van der Waals surface area contributed by atoms with E-state index in [4.69, 9.17) is 0 Å². The van der Waals surface area contributed by atoms with Crippen LogP contribution in [0.4, 0.5) is 8.78 Å². The van der Waals surface area contributed by atoms with E-state index in [0.29, 0.717) is 11.3 Å². The summed E-state index contributed by atoms with van der Waals surface area (Å²) in [5, 5.41) is 0. The summed E-state index contributed by atoms with van der Waals surface area (Å²) < 4.78 is 26.8. The molecule has 1 aromatic heterocycles. The Labute approximate surface area is 109 Å². The quantitative estimate of drug-likeness (QED) is 0.698. The van der Waals surface area contributed by atoms with Crippen molar-refractivity contribution in [1.29, 1.82) is 0 Å². The van der Waals surface area contributed by atoms with E-state index >= 15 is 0 Å². The van der Waals surface area contributed by atoms with Gasteiger partial charge in [0.2, 0.25) is 0 Å². The van der Waals surface area contributed by atoms with Crippen LogP contribution >= 0.6 is 0 Å². The van der Waals surface area contributed by atoms with E-state index in [9.17, 15) is 8.78 Å². The zero-order chi connectivity index (χ0) is 13.6. The fourth-order valence-corrected chi connectivity index (χ4v) is 2.29. The second-order valence-electron chi connectivity index (χ2n) is 4.75. The number of hydrogen-bond acceptors (Lipinski definition) is 1. The van der Waals surface area contributed by atoms with Crippen LogP contribution in [0.1, 0.15) is 11.1 Å². The Hall–Kier alpha value is -2.23. The van der Waals surface area contributed by atoms with Crippen molar-refractivity contribution in [3.8, 4) is 11.4 Å². The molecule has 0 fully saturated rings. The standard InChI is InChI=1S/C15H12F2N2/c1-8-3-9(2)5-10(4-8)15-18-13-7-11(16)6-12(17)14(13)19-15/h3-7H,1-2H3,(H,18,19). The molecule has 96 valence electrons. The van der Waals surface area contributed by atoms with Crippen LogP contribution in [-0.2, 0) is 0 Å². The lowest BCUT2D eigenvalue weighted by Gasteiger charge is -2.01. The number of nitrogens with one attached hydrogen (secondary N) is 1. The SMILES string of the molecule is Cc1cc(C)cc(-c2nc3c(F)cc(F)cc3[nH]2)c1. The molecule has 1 N–H and O–H groups in total. The van der Waals surface area contributed by atoms with E-state index < -0.39 is 11.6 Å². The Bertz CT molecular complexity index is 755. The molecule has 0 saturated carbocycles. The van der Waals surface area contributed by atoms with Crippen LogP contribution in [-0.4, -0.2) is 9.97 Å². The van der Waals surface area contributed by atoms with Gasteiger partial charge in [-0.25, -0.2) is 13.8 Å². The minimum atomic E-state index is -0.651. The number of aromatic nitrogens is 2. The molecular weight excluding hydrogens is 246 g/mol. The van der Waals surface area contributed by atoms with E-state index in [1.807, 2.05) is 32.0 Å². The summed E-state index contributed by atoms with van der Waals surface area (Å²) in [5.74, 6) is -0.714. The van der Waals surface area contributed by atoms with E-state index in [2.05, 4.69) is 9.97 Å². The van der Waals surface area contributed by atoms with Gasteiger partial charge in [0.15, 0.2) is 5.82 Å². The number of benzene rings is 2. The predicted molar refractivity (Wildman–Crippen MR) is 70.9 cm³/mol. The lowest BCUT2D eigenvalue weighted by Crippen LogP contribution is -1.84. The van der Waals surface area contributed by atoms with Gasteiger partial charge < -0.3 is 4.98 Å². The summed E-state index contributed by atoms with van der Waals surface area (Å²) in [6.07, 6.45) is 0. The highest BCUT2D eigenvalue weighted by Gasteiger charge is 2.11. The Kier molecular flexibility index (Phi) is 2.59. The third kappa shape index (κ3) is 2.10. The lowest BCUT2D eigenvalue weighted by molar-refractivity contribution is 0.591.